The third-order valence-electron chi connectivity index (χ3n) is 2.46. The van der Waals surface area contributed by atoms with Crippen LogP contribution in [-0.4, -0.2) is 46.9 Å². The zero-order chi connectivity index (χ0) is 15.9. The molecule has 1 aromatic rings. The van der Waals surface area contributed by atoms with Crippen LogP contribution in [0.2, 0.25) is 0 Å². The Labute approximate surface area is 122 Å². The molecule has 9 heteroatoms. The molecule has 0 saturated heterocycles. The van der Waals surface area contributed by atoms with Crippen LogP contribution in [0.1, 0.15) is 5.56 Å². The number of carboxylic acids is 1. The van der Waals surface area contributed by atoms with E-state index in [9.17, 15) is 13.2 Å². The molecule has 2 N–H and O–H groups in total. The Balaban J connectivity index is 3.00. The molecule has 21 heavy (non-hydrogen) atoms. The van der Waals surface area contributed by atoms with Crippen LogP contribution in [0.25, 0.3) is 0 Å². The van der Waals surface area contributed by atoms with Gasteiger partial charge < -0.3 is 14.6 Å². The van der Waals surface area contributed by atoms with Crippen molar-refractivity contribution in [3.63, 3.8) is 0 Å². The van der Waals surface area contributed by atoms with Crippen LogP contribution in [0.3, 0.4) is 0 Å². The summed E-state index contributed by atoms with van der Waals surface area (Å²) in [5.41, 5.74) is 0.102. The summed E-state index contributed by atoms with van der Waals surface area (Å²) in [5, 5.41) is 8.86. The van der Waals surface area contributed by atoms with Gasteiger partial charge >= 0.3 is 5.97 Å². The second-order valence-electron chi connectivity index (χ2n) is 3.97. The molecule has 0 amide bonds. The van der Waals surface area contributed by atoms with Gasteiger partial charge in [0.1, 0.15) is 5.75 Å². The zero-order valence-corrected chi connectivity index (χ0v) is 12.5. The van der Waals surface area contributed by atoms with Gasteiger partial charge in [-0.25, -0.2) is 8.42 Å². The number of carboxylic acid groups (broad SMARTS) is 1. The molecule has 118 valence electrons. The number of aliphatic carboxylic acids is 1. The Morgan fingerprint density at radius 1 is 1.29 bits per heavy atom. The fourth-order valence-electron chi connectivity index (χ4n) is 1.54. The van der Waals surface area contributed by atoms with E-state index in [0.29, 0.717) is 5.75 Å². The minimum absolute atomic E-state index is 0.0279. The molecule has 1 rings (SSSR count). The van der Waals surface area contributed by atoms with Gasteiger partial charge in [-0.2, -0.15) is 0 Å². The highest BCUT2D eigenvalue weighted by atomic mass is 32.2. The first-order valence-corrected chi connectivity index (χ1v) is 7.40. The molecule has 0 radical (unpaired) electrons. The fourth-order valence-corrected chi connectivity index (χ4v) is 2.59. The van der Waals surface area contributed by atoms with Crippen LogP contribution in [-0.2, 0) is 30.8 Å². The minimum Gasteiger partial charge on any atom is -0.497 e. The highest BCUT2D eigenvalue weighted by molar-refractivity contribution is 7.89. The third kappa shape index (κ3) is 5.31. The van der Waals surface area contributed by atoms with Gasteiger partial charge in [-0.15, -0.1) is 0 Å². The molecular formula is C12H17NO7S. The van der Waals surface area contributed by atoms with Crippen LogP contribution in [0, 0.1) is 0 Å². The van der Waals surface area contributed by atoms with Crippen molar-refractivity contribution in [1.82, 2.24) is 4.89 Å². The smallest absolute Gasteiger partial charge is 0.307 e. The second-order valence-corrected chi connectivity index (χ2v) is 5.59. The summed E-state index contributed by atoms with van der Waals surface area (Å²) in [6.07, 6.45) is -0.453. The van der Waals surface area contributed by atoms with Crippen molar-refractivity contribution in [1.29, 1.82) is 0 Å². The van der Waals surface area contributed by atoms with Crippen molar-refractivity contribution in [3.8, 4) is 5.75 Å². The van der Waals surface area contributed by atoms with Gasteiger partial charge in [0.25, 0.3) is 10.0 Å². The van der Waals surface area contributed by atoms with E-state index < -0.39 is 22.4 Å². The normalized spacial score (nSPS) is 11.3. The van der Waals surface area contributed by atoms with Crippen molar-refractivity contribution >= 4 is 16.0 Å². The lowest BCUT2D eigenvalue weighted by Gasteiger charge is -2.11. The molecule has 0 aliphatic carbocycles. The summed E-state index contributed by atoms with van der Waals surface area (Å²) in [6, 6.07) is 4.05. The highest BCUT2D eigenvalue weighted by Crippen LogP contribution is 2.22. The Hall–Kier alpha value is -1.68. The van der Waals surface area contributed by atoms with Gasteiger partial charge in [0.15, 0.2) is 0 Å². The van der Waals surface area contributed by atoms with E-state index in [1.54, 1.807) is 0 Å². The van der Waals surface area contributed by atoms with E-state index in [-0.39, 0.29) is 23.7 Å². The van der Waals surface area contributed by atoms with Gasteiger partial charge in [0.05, 0.1) is 31.6 Å². The van der Waals surface area contributed by atoms with Crippen molar-refractivity contribution in [2.75, 3.05) is 27.4 Å². The van der Waals surface area contributed by atoms with E-state index in [0.717, 1.165) is 0 Å². The molecule has 0 spiro atoms. The Bertz CT molecular complexity index is 585. The monoisotopic (exact) mass is 319 g/mol. The van der Waals surface area contributed by atoms with Crippen LogP contribution >= 0.6 is 0 Å². The van der Waals surface area contributed by atoms with E-state index in [1.807, 2.05) is 4.89 Å². The summed E-state index contributed by atoms with van der Waals surface area (Å²) in [4.78, 5) is 17.4. The standard InChI is InChI=1S/C12H17NO7S/c1-18-5-6-20-13-21(16,17)11-4-3-10(19-2)7-9(11)8-12(14)15/h3-4,7,13H,5-6,8H2,1-2H3,(H,14,15). The van der Waals surface area contributed by atoms with Gasteiger partial charge in [0.2, 0.25) is 0 Å². The Morgan fingerprint density at radius 2 is 2.00 bits per heavy atom. The molecular weight excluding hydrogens is 302 g/mol. The molecule has 8 nitrogen and oxygen atoms in total. The third-order valence-corrected chi connectivity index (χ3v) is 3.77. The summed E-state index contributed by atoms with van der Waals surface area (Å²) in [5.74, 6) is -0.787. The van der Waals surface area contributed by atoms with E-state index >= 15 is 0 Å². The molecule has 0 unspecified atom stereocenters. The lowest BCUT2D eigenvalue weighted by molar-refractivity contribution is -0.136. The van der Waals surface area contributed by atoms with Crippen molar-refractivity contribution in [2.45, 2.75) is 11.3 Å². The SMILES string of the molecule is COCCONS(=O)(=O)c1ccc(OC)cc1CC(=O)O. The predicted molar refractivity (Wildman–Crippen MR) is 72.5 cm³/mol. The topological polar surface area (TPSA) is 111 Å². The lowest BCUT2D eigenvalue weighted by Crippen LogP contribution is -2.27. The van der Waals surface area contributed by atoms with Gasteiger partial charge in [-0.1, -0.05) is 4.89 Å². The van der Waals surface area contributed by atoms with Gasteiger partial charge in [-0.05, 0) is 23.8 Å². The Kier molecular flexibility index (Phi) is 6.56. The van der Waals surface area contributed by atoms with Crippen LogP contribution < -0.4 is 9.62 Å². The Morgan fingerprint density at radius 3 is 2.57 bits per heavy atom. The minimum atomic E-state index is -3.99. The number of ether oxygens (including phenoxy) is 2. The molecule has 0 heterocycles. The number of carbonyl (C=O) groups is 1. The van der Waals surface area contributed by atoms with E-state index in [4.69, 9.17) is 19.4 Å². The van der Waals surface area contributed by atoms with Gasteiger partial charge in [-0.3, -0.25) is 9.63 Å². The zero-order valence-electron chi connectivity index (χ0n) is 11.7. The number of rotatable bonds is 9. The number of nitrogens with one attached hydrogen (secondary N) is 1. The molecule has 0 aliphatic rings. The molecule has 0 bridgehead atoms. The first-order valence-electron chi connectivity index (χ1n) is 5.92. The van der Waals surface area contributed by atoms with Crippen molar-refractivity contribution in [2.24, 2.45) is 0 Å². The largest absolute Gasteiger partial charge is 0.497 e. The van der Waals surface area contributed by atoms with Crippen LogP contribution in [0.4, 0.5) is 0 Å². The number of hydrogen-bond acceptors (Lipinski definition) is 6. The highest BCUT2D eigenvalue weighted by Gasteiger charge is 2.21. The van der Waals surface area contributed by atoms with Crippen LogP contribution in [0.5, 0.6) is 5.75 Å². The quantitative estimate of drug-likeness (QED) is 0.493. The molecule has 0 saturated carbocycles. The summed E-state index contributed by atoms with van der Waals surface area (Å²) in [6.45, 7) is 0.243. The molecule has 0 fully saturated rings. The maximum absolute atomic E-state index is 12.1. The average molecular weight is 319 g/mol. The second kappa shape index (κ2) is 7.93. The van der Waals surface area contributed by atoms with Crippen LogP contribution in [0.15, 0.2) is 23.1 Å². The molecule has 0 aromatic heterocycles. The number of methoxy groups -OCH3 is 2. The molecule has 1 aromatic carbocycles. The molecule has 0 aliphatic heterocycles. The summed E-state index contributed by atoms with van der Waals surface area (Å²) >= 11 is 0. The van der Waals surface area contributed by atoms with Gasteiger partial charge in [0, 0.05) is 7.11 Å². The number of hydrogen-bond donors (Lipinski definition) is 2. The predicted octanol–water partition coefficient (Wildman–Crippen LogP) is 0.179. The maximum Gasteiger partial charge on any atom is 0.307 e. The first kappa shape index (κ1) is 17.4. The van der Waals surface area contributed by atoms with E-state index in [2.05, 4.69) is 0 Å². The van der Waals surface area contributed by atoms with Crippen molar-refractivity contribution < 1.29 is 32.6 Å². The lowest BCUT2D eigenvalue weighted by atomic mass is 10.1. The maximum atomic E-state index is 12.1. The van der Waals surface area contributed by atoms with E-state index in [1.165, 1.54) is 32.4 Å². The summed E-state index contributed by atoms with van der Waals surface area (Å²) < 4.78 is 33.8. The summed E-state index contributed by atoms with van der Waals surface area (Å²) in [7, 11) is -1.14. The number of benzene rings is 1. The molecule has 0 atom stereocenters. The average Bonchev–Trinajstić information content (AvgIpc) is 2.42. The first-order chi connectivity index (χ1) is 9.90. The fraction of sp³-hybridized carbons (Fsp3) is 0.417. The van der Waals surface area contributed by atoms with Crippen molar-refractivity contribution in [3.05, 3.63) is 23.8 Å². The number of sulfonamides is 1.